The minimum Gasteiger partial charge on any atom is -0.339 e. The van der Waals surface area contributed by atoms with Gasteiger partial charge in [-0.2, -0.15) is 4.31 Å². The van der Waals surface area contributed by atoms with Crippen LogP contribution in [0.4, 0.5) is 0 Å². The molecule has 0 unspecified atom stereocenters. The van der Waals surface area contributed by atoms with Crippen molar-refractivity contribution >= 4 is 10.0 Å². The van der Waals surface area contributed by atoms with Gasteiger partial charge in [0.1, 0.15) is 0 Å². The zero-order valence-corrected chi connectivity index (χ0v) is 13.3. The zero-order valence-electron chi connectivity index (χ0n) is 12.5. The minimum absolute atomic E-state index is 0.0495. The number of aryl methyl sites for hydroxylation is 1. The lowest BCUT2D eigenvalue weighted by Gasteiger charge is -2.29. The predicted octanol–water partition coefficient (Wildman–Crippen LogP) is 0.948. The van der Waals surface area contributed by atoms with Gasteiger partial charge in [0.05, 0.1) is 6.33 Å². The Balaban J connectivity index is 1.75. The lowest BCUT2D eigenvalue weighted by atomic mass is 9.78. The minimum atomic E-state index is -3.50. The highest BCUT2D eigenvalue weighted by Gasteiger charge is 2.41. The van der Waals surface area contributed by atoms with E-state index in [0.29, 0.717) is 24.9 Å². The van der Waals surface area contributed by atoms with Gasteiger partial charge in [-0.3, -0.25) is 0 Å². The molecule has 1 saturated carbocycles. The van der Waals surface area contributed by atoms with E-state index in [1.54, 1.807) is 17.8 Å². The van der Waals surface area contributed by atoms with E-state index in [4.69, 9.17) is 5.73 Å². The van der Waals surface area contributed by atoms with Crippen LogP contribution in [-0.2, 0) is 17.1 Å². The third kappa shape index (κ3) is 2.86. The van der Waals surface area contributed by atoms with Crippen LogP contribution in [0, 0.1) is 11.8 Å². The van der Waals surface area contributed by atoms with Crippen LogP contribution in [0.25, 0.3) is 0 Å². The third-order valence-corrected chi connectivity index (χ3v) is 6.64. The third-order valence-electron chi connectivity index (χ3n) is 4.92. The van der Waals surface area contributed by atoms with Gasteiger partial charge in [-0.15, -0.1) is 0 Å². The maximum absolute atomic E-state index is 12.6. The maximum atomic E-state index is 12.6. The second kappa shape index (κ2) is 5.70. The van der Waals surface area contributed by atoms with Gasteiger partial charge in [0.25, 0.3) is 10.0 Å². The summed E-state index contributed by atoms with van der Waals surface area (Å²) in [6, 6.07) is -0.0495. The summed E-state index contributed by atoms with van der Waals surface area (Å²) in [6.45, 7) is 0.963. The highest BCUT2D eigenvalue weighted by molar-refractivity contribution is 7.89. The number of imidazole rings is 1. The summed E-state index contributed by atoms with van der Waals surface area (Å²) in [6.07, 6.45) is 9.25. The molecule has 0 amide bonds. The van der Waals surface area contributed by atoms with Gasteiger partial charge in [0.15, 0.2) is 5.03 Å². The molecule has 0 radical (unpaired) electrons. The Morgan fingerprint density at radius 2 is 1.95 bits per heavy atom. The largest absolute Gasteiger partial charge is 0.339 e. The Labute approximate surface area is 126 Å². The molecule has 0 spiro atoms. The van der Waals surface area contributed by atoms with E-state index >= 15 is 0 Å². The molecule has 21 heavy (non-hydrogen) atoms. The van der Waals surface area contributed by atoms with Gasteiger partial charge in [0, 0.05) is 32.4 Å². The van der Waals surface area contributed by atoms with Crippen LogP contribution in [0.5, 0.6) is 0 Å². The Kier molecular flexibility index (Phi) is 4.07. The summed E-state index contributed by atoms with van der Waals surface area (Å²) in [4.78, 5) is 3.99. The van der Waals surface area contributed by atoms with Crippen molar-refractivity contribution in [2.24, 2.45) is 24.6 Å². The van der Waals surface area contributed by atoms with Crippen LogP contribution >= 0.6 is 0 Å². The predicted molar refractivity (Wildman–Crippen MR) is 80.0 cm³/mol. The van der Waals surface area contributed by atoms with Gasteiger partial charge in [0.2, 0.25) is 0 Å². The fraction of sp³-hybridized carbons (Fsp3) is 0.786. The van der Waals surface area contributed by atoms with Crippen molar-refractivity contribution in [1.29, 1.82) is 0 Å². The molecule has 1 aliphatic heterocycles. The molecule has 3 rings (SSSR count). The molecule has 7 heteroatoms. The lowest BCUT2D eigenvalue weighted by Crippen LogP contribution is -2.34. The topological polar surface area (TPSA) is 81.2 Å². The Hall–Kier alpha value is -0.920. The molecule has 1 aromatic rings. The highest BCUT2D eigenvalue weighted by Crippen LogP contribution is 2.36. The van der Waals surface area contributed by atoms with Crippen molar-refractivity contribution in [2.45, 2.75) is 43.2 Å². The molecule has 1 aromatic heterocycles. The summed E-state index contributed by atoms with van der Waals surface area (Å²) in [5.41, 5.74) is 6.25. The van der Waals surface area contributed by atoms with Gasteiger partial charge in [-0.05, 0) is 11.8 Å². The van der Waals surface area contributed by atoms with Gasteiger partial charge < -0.3 is 10.3 Å². The average Bonchev–Trinajstić information content (AvgIpc) is 3.07. The first-order valence-corrected chi connectivity index (χ1v) is 9.16. The zero-order chi connectivity index (χ0) is 15.0. The number of nitrogens with zero attached hydrogens (tertiary/aromatic N) is 3. The summed E-state index contributed by atoms with van der Waals surface area (Å²) in [5.74, 6) is 0.876. The van der Waals surface area contributed by atoms with E-state index in [1.807, 2.05) is 0 Å². The molecule has 2 N–H and O–H groups in total. The number of rotatable bonds is 3. The number of aromatic nitrogens is 2. The second-order valence-electron chi connectivity index (χ2n) is 6.43. The van der Waals surface area contributed by atoms with E-state index in [0.717, 1.165) is 0 Å². The van der Waals surface area contributed by atoms with E-state index in [9.17, 15) is 8.42 Å². The van der Waals surface area contributed by atoms with E-state index in [2.05, 4.69) is 4.98 Å². The first-order chi connectivity index (χ1) is 9.98. The number of nitrogens with two attached hydrogens (primary N) is 1. The van der Waals surface area contributed by atoms with Crippen LogP contribution in [0.1, 0.15) is 32.1 Å². The smallest absolute Gasteiger partial charge is 0.262 e. The fourth-order valence-corrected chi connectivity index (χ4v) is 5.21. The van der Waals surface area contributed by atoms with Crippen LogP contribution in [-0.4, -0.2) is 41.4 Å². The Morgan fingerprint density at radius 1 is 1.24 bits per heavy atom. The Morgan fingerprint density at radius 3 is 2.57 bits per heavy atom. The molecule has 0 bridgehead atoms. The summed E-state index contributed by atoms with van der Waals surface area (Å²) in [5, 5.41) is 0.126. The van der Waals surface area contributed by atoms with Crippen molar-refractivity contribution in [3.8, 4) is 0 Å². The molecule has 1 aliphatic carbocycles. The van der Waals surface area contributed by atoms with E-state index in [1.165, 1.54) is 42.7 Å². The molecule has 2 aliphatic rings. The molecular formula is C14H24N4O2S. The molecule has 2 heterocycles. The maximum Gasteiger partial charge on any atom is 0.262 e. The number of sulfonamides is 1. The van der Waals surface area contributed by atoms with Gasteiger partial charge in [-0.25, -0.2) is 13.4 Å². The standard InChI is InChI=1S/C14H24N4O2S/c1-17-9-14(16-10-17)21(19,20)18-7-12(13(15)8-18)11-5-3-2-4-6-11/h9-13H,2-8,15H2,1H3/t12-,13+/m1/s1. The summed E-state index contributed by atoms with van der Waals surface area (Å²) < 4.78 is 28.4. The molecule has 118 valence electrons. The Bertz CT molecular complexity index is 592. The second-order valence-corrected chi connectivity index (χ2v) is 8.31. The summed E-state index contributed by atoms with van der Waals surface area (Å²) in [7, 11) is -1.73. The first-order valence-electron chi connectivity index (χ1n) is 7.72. The number of hydrogen-bond donors (Lipinski definition) is 1. The lowest BCUT2D eigenvalue weighted by molar-refractivity contribution is 0.242. The number of hydrogen-bond acceptors (Lipinski definition) is 4. The van der Waals surface area contributed by atoms with E-state index < -0.39 is 10.0 Å². The highest BCUT2D eigenvalue weighted by atomic mass is 32.2. The molecule has 2 fully saturated rings. The SMILES string of the molecule is Cn1cnc(S(=O)(=O)N2C[C@H](C3CCCCC3)[C@@H](N)C2)c1. The van der Waals surface area contributed by atoms with Crippen LogP contribution in [0.15, 0.2) is 17.6 Å². The van der Waals surface area contributed by atoms with Crippen molar-refractivity contribution < 1.29 is 8.42 Å². The van der Waals surface area contributed by atoms with E-state index in [-0.39, 0.29) is 11.1 Å². The molecule has 1 saturated heterocycles. The van der Waals surface area contributed by atoms with Gasteiger partial charge in [-0.1, -0.05) is 32.1 Å². The van der Waals surface area contributed by atoms with Crippen LogP contribution in [0.3, 0.4) is 0 Å². The van der Waals surface area contributed by atoms with Crippen molar-refractivity contribution in [1.82, 2.24) is 13.9 Å². The van der Waals surface area contributed by atoms with Crippen molar-refractivity contribution in [3.63, 3.8) is 0 Å². The molecule has 0 aromatic carbocycles. The van der Waals surface area contributed by atoms with Gasteiger partial charge >= 0.3 is 0 Å². The summed E-state index contributed by atoms with van der Waals surface area (Å²) >= 11 is 0. The molecule has 2 atom stereocenters. The van der Waals surface area contributed by atoms with Crippen molar-refractivity contribution in [3.05, 3.63) is 12.5 Å². The monoisotopic (exact) mass is 312 g/mol. The fourth-order valence-electron chi connectivity index (χ4n) is 3.73. The van der Waals surface area contributed by atoms with Crippen molar-refractivity contribution in [2.75, 3.05) is 13.1 Å². The first kappa shape index (κ1) is 15.0. The quantitative estimate of drug-likeness (QED) is 0.901. The van der Waals surface area contributed by atoms with Crippen LogP contribution < -0.4 is 5.73 Å². The average molecular weight is 312 g/mol. The molecule has 6 nitrogen and oxygen atoms in total. The molecular weight excluding hydrogens is 288 g/mol. The normalized spacial score (nSPS) is 29.0. The van der Waals surface area contributed by atoms with Crippen LogP contribution in [0.2, 0.25) is 0 Å².